The minimum absolute atomic E-state index is 0.0435. The third-order valence-electron chi connectivity index (χ3n) is 4.41. The Bertz CT molecular complexity index is 760. The highest BCUT2D eigenvalue weighted by molar-refractivity contribution is 6.00. The molecule has 1 aliphatic rings. The molecule has 1 fully saturated rings. The molecule has 2 aromatic rings. The molecule has 1 saturated heterocycles. The van der Waals surface area contributed by atoms with E-state index in [1.54, 1.807) is 13.1 Å². The minimum Gasteiger partial charge on any atom is -0.337 e. The maximum atomic E-state index is 13.6. The average molecular weight is 337 g/mol. The van der Waals surface area contributed by atoms with Crippen molar-refractivity contribution in [3.05, 3.63) is 41.6 Å². The lowest BCUT2D eigenvalue weighted by Gasteiger charge is -2.33. The van der Waals surface area contributed by atoms with Gasteiger partial charge in [0.1, 0.15) is 0 Å². The minimum atomic E-state index is -4.62. The Morgan fingerprint density at radius 1 is 1.33 bits per heavy atom. The van der Waals surface area contributed by atoms with Gasteiger partial charge in [-0.15, -0.1) is 0 Å². The van der Waals surface area contributed by atoms with E-state index in [1.807, 2.05) is 0 Å². The average Bonchev–Trinajstić information content (AvgIpc) is 2.59. The van der Waals surface area contributed by atoms with Crippen molar-refractivity contribution in [3.63, 3.8) is 0 Å². The summed E-state index contributed by atoms with van der Waals surface area (Å²) in [6.07, 6.45) is -1.90. The number of likely N-dealkylation sites (tertiary alicyclic amines) is 1. The number of hydrogen-bond acceptors (Lipinski definition) is 3. The van der Waals surface area contributed by atoms with Crippen molar-refractivity contribution in [3.8, 4) is 0 Å². The van der Waals surface area contributed by atoms with Gasteiger partial charge >= 0.3 is 6.18 Å². The molecule has 128 valence electrons. The van der Waals surface area contributed by atoms with Crippen LogP contribution < -0.4 is 5.32 Å². The summed E-state index contributed by atoms with van der Waals surface area (Å²) < 4.78 is 40.9. The van der Waals surface area contributed by atoms with E-state index in [4.69, 9.17) is 0 Å². The highest BCUT2D eigenvalue weighted by Crippen LogP contribution is 2.37. The van der Waals surface area contributed by atoms with E-state index in [-0.39, 0.29) is 22.5 Å². The van der Waals surface area contributed by atoms with Crippen LogP contribution in [0.4, 0.5) is 13.2 Å². The second-order valence-electron chi connectivity index (χ2n) is 5.94. The fourth-order valence-electron chi connectivity index (χ4n) is 3.18. The number of halogens is 3. The van der Waals surface area contributed by atoms with Crippen LogP contribution in [0.3, 0.4) is 0 Å². The summed E-state index contributed by atoms with van der Waals surface area (Å²) in [6, 6.07) is 6.11. The number of hydrogen-bond donors (Lipinski definition) is 1. The van der Waals surface area contributed by atoms with Gasteiger partial charge in [0, 0.05) is 30.7 Å². The van der Waals surface area contributed by atoms with Gasteiger partial charge in [0.15, 0.2) is 0 Å². The van der Waals surface area contributed by atoms with Crippen molar-refractivity contribution >= 4 is 16.8 Å². The molecule has 0 aliphatic carbocycles. The predicted molar refractivity (Wildman–Crippen MR) is 84.7 cm³/mol. The molecule has 0 spiro atoms. The predicted octanol–water partition coefficient (Wildman–Crippen LogP) is 3.08. The summed E-state index contributed by atoms with van der Waals surface area (Å²) >= 11 is 0. The van der Waals surface area contributed by atoms with Crippen LogP contribution in [0.15, 0.2) is 30.5 Å². The molecule has 1 aromatic carbocycles. The van der Waals surface area contributed by atoms with Gasteiger partial charge in [-0.05, 0) is 26.0 Å². The summed E-state index contributed by atoms with van der Waals surface area (Å²) in [5.74, 6) is -0.611. The number of alkyl halides is 3. The zero-order chi connectivity index (χ0) is 17.3. The monoisotopic (exact) mass is 337 g/mol. The number of pyridine rings is 1. The van der Waals surface area contributed by atoms with Gasteiger partial charge in [0.05, 0.1) is 16.6 Å². The maximum Gasteiger partial charge on any atom is 0.417 e. The number of likely N-dealkylation sites (N-methyl/N-ethyl adjacent to an activating group) is 1. The zero-order valence-corrected chi connectivity index (χ0v) is 13.2. The third kappa shape index (κ3) is 3.08. The summed E-state index contributed by atoms with van der Waals surface area (Å²) in [5.41, 5.74) is -1.05. The van der Waals surface area contributed by atoms with E-state index in [2.05, 4.69) is 10.3 Å². The van der Waals surface area contributed by atoms with Crippen molar-refractivity contribution < 1.29 is 18.0 Å². The molecule has 1 unspecified atom stereocenters. The summed E-state index contributed by atoms with van der Waals surface area (Å²) in [5, 5.41) is 3.04. The van der Waals surface area contributed by atoms with E-state index < -0.39 is 17.6 Å². The normalized spacial score (nSPS) is 18.8. The van der Waals surface area contributed by atoms with E-state index in [0.29, 0.717) is 13.1 Å². The zero-order valence-electron chi connectivity index (χ0n) is 13.2. The Kier molecular flexibility index (Phi) is 4.45. The van der Waals surface area contributed by atoms with Crippen LogP contribution in [0.1, 0.15) is 28.8 Å². The number of carbonyl (C=O) groups excluding carboxylic acids is 1. The first-order valence-corrected chi connectivity index (χ1v) is 7.83. The number of fused-ring (bicyclic) bond motifs is 1. The molecule has 3 rings (SSSR count). The first-order chi connectivity index (χ1) is 11.4. The van der Waals surface area contributed by atoms with E-state index in [1.165, 1.54) is 23.1 Å². The largest absolute Gasteiger partial charge is 0.417 e. The van der Waals surface area contributed by atoms with Crippen LogP contribution in [0.2, 0.25) is 0 Å². The fraction of sp³-hybridized carbons (Fsp3) is 0.412. The Labute approximate surface area is 137 Å². The number of aromatic nitrogens is 1. The first kappa shape index (κ1) is 16.7. The Morgan fingerprint density at radius 2 is 2.08 bits per heavy atom. The number of carbonyl (C=O) groups is 1. The number of nitrogens with one attached hydrogen (secondary N) is 1. The van der Waals surface area contributed by atoms with Gasteiger partial charge < -0.3 is 10.2 Å². The number of benzene rings is 1. The lowest BCUT2D eigenvalue weighted by atomic mass is 10.00. The topological polar surface area (TPSA) is 45.2 Å². The molecule has 2 heterocycles. The van der Waals surface area contributed by atoms with Gasteiger partial charge in [-0.1, -0.05) is 18.2 Å². The second-order valence-corrected chi connectivity index (χ2v) is 5.94. The molecule has 0 bridgehead atoms. The van der Waals surface area contributed by atoms with Crippen LogP contribution in [0, 0.1) is 0 Å². The second kappa shape index (κ2) is 6.39. The lowest BCUT2D eigenvalue weighted by Crippen LogP contribution is -2.47. The standard InChI is InChI=1S/C17H18F3N3O/c1-21-11-5-4-8-23(10-11)16(24)13-9-22-14-7-3-2-6-12(14)15(13)17(18,19)20/h2-3,6-7,9,11,21H,4-5,8,10H2,1H3. The number of piperidine rings is 1. The van der Waals surface area contributed by atoms with Crippen LogP contribution >= 0.6 is 0 Å². The van der Waals surface area contributed by atoms with E-state index in [9.17, 15) is 18.0 Å². The third-order valence-corrected chi connectivity index (χ3v) is 4.41. The number of rotatable bonds is 2. The first-order valence-electron chi connectivity index (χ1n) is 7.83. The number of para-hydroxylation sites is 1. The van der Waals surface area contributed by atoms with Crippen LogP contribution in [0.5, 0.6) is 0 Å². The molecule has 7 heteroatoms. The van der Waals surface area contributed by atoms with Gasteiger partial charge in [-0.25, -0.2) is 0 Å². The summed E-state index contributed by atoms with van der Waals surface area (Å²) in [4.78, 5) is 18.3. The maximum absolute atomic E-state index is 13.6. The quantitative estimate of drug-likeness (QED) is 0.916. The number of nitrogens with zero attached hydrogens (tertiary/aromatic N) is 2. The van der Waals surface area contributed by atoms with Gasteiger partial charge in [0.25, 0.3) is 5.91 Å². The molecule has 1 atom stereocenters. The molecule has 0 saturated carbocycles. The number of amides is 1. The Hall–Kier alpha value is -2.15. The van der Waals surface area contributed by atoms with Crippen molar-refractivity contribution in [1.82, 2.24) is 15.2 Å². The molecular formula is C17H18F3N3O. The van der Waals surface area contributed by atoms with Crippen LogP contribution in [0.25, 0.3) is 10.9 Å². The SMILES string of the molecule is CNC1CCCN(C(=O)c2cnc3ccccc3c2C(F)(F)F)C1. The fourth-order valence-corrected chi connectivity index (χ4v) is 3.18. The van der Waals surface area contributed by atoms with Gasteiger partial charge in [-0.3, -0.25) is 9.78 Å². The molecule has 24 heavy (non-hydrogen) atoms. The molecular weight excluding hydrogens is 319 g/mol. The lowest BCUT2D eigenvalue weighted by molar-refractivity contribution is -0.136. The van der Waals surface area contributed by atoms with Gasteiger partial charge in [0.2, 0.25) is 0 Å². The van der Waals surface area contributed by atoms with Crippen molar-refractivity contribution in [2.24, 2.45) is 0 Å². The van der Waals surface area contributed by atoms with E-state index in [0.717, 1.165) is 19.0 Å². The molecule has 1 aliphatic heterocycles. The summed E-state index contributed by atoms with van der Waals surface area (Å²) in [6.45, 7) is 0.862. The molecule has 1 aromatic heterocycles. The molecule has 1 N–H and O–H groups in total. The summed E-state index contributed by atoms with van der Waals surface area (Å²) in [7, 11) is 1.79. The highest BCUT2D eigenvalue weighted by Gasteiger charge is 2.39. The van der Waals surface area contributed by atoms with Crippen molar-refractivity contribution in [2.75, 3.05) is 20.1 Å². The highest BCUT2D eigenvalue weighted by atomic mass is 19.4. The van der Waals surface area contributed by atoms with Crippen LogP contribution in [-0.4, -0.2) is 42.0 Å². The Morgan fingerprint density at radius 3 is 2.79 bits per heavy atom. The van der Waals surface area contributed by atoms with Crippen molar-refractivity contribution in [1.29, 1.82) is 0 Å². The van der Waals surface area contributed by atoms with Gasteiger partial charge in [-0.2, -0.15) is 13.2 Å². The van der Waals surface area contributed by atoms with E-state index >= 15 is 0 Å². The Balaban J connectivity index is 2.07. The molecule has 0 radical (unpaired) electrons. The van der Waals surface area contributed by atoms with Crippen LogP contribution in [-0.2, 0) is 6.18 Å². The molecule has 1 amide bonds. The molecule has 4 nitrogen and oxygen atoms in total. The van der Waals surface area contributed by atoms with Crippen molar-refractivity contribution in [2.45, 2.75) is 25.1 Å². The smallest absolute Gasteiger partial charge is 0.337 e.